The van der Waals surface area contributed by atoms with E-state index in [1.165, 1.54) is 0 Å². The standard InChI is InChI=1S/C14H22O4/c1-9(2)11(15)18-14-5-10-3-12(16,7-14)6-13(17,4-10)8-14/h9-10,16-17H,3-8H2,1-2H3. The highest BCUT2D eigenvalue weighted by atomic mass is 16.6. The number of esters is 1. The molecule has 0 aliphatic heterocycles. The third-order valence-corrected chi connectivity index (χ3v) is 4.75. The van der Waals surface area contributed by atoms with Crippen molar-refractivity contribution in [2.24, 2.45) is 11.8 Å². The summed E-state index contributed by atoms with van der Waals surface area (Å²) >= 11 is 0. The van der Waals surface area contributed by atoms with Crippen LogP contribution in [0.3, 0.4) is 0 Å². The SMILES string of the molecule is CC(C)C(=O)OC12CC3CC(O)(CC(O)(C3)C1)C2. The molecule has 0 radical (unpaired) electrons. The van der Waals surface area contributed by atoms with Crippen LogP contribution in [-0.2, 0) is 9.53 Å². The summed E-state index contributed by atoms with van der Waals surface area (Å²) in [5, 5.41) is 21.1. The summed E-state index contributed by atoms with van der Waals surface area (Å²) in [5.41, 5.74) is -2.28. The molecule has 4 bridgehead atoms. The van der Waals surface area contributed by atoms with Crippen molar-refractivity contribution in [1.82, 2.24) is 0 Å². The lowest BCUT2D eigenvalue weighted by atomic mass is 9.50. The van der Waals surface area contributed by atoms with Crippen molar-refractivity contribution in [3.8, 4) is 0 Å². The Morgan fingerprint density at radius 3 is 2.11 bits per heavy atom. The molecular weight excluding hydrogens is 232 g/mol. The minimum absolute atomic E-state index is 0.165. The van der Waals surface area contributed by atoms with E-state index in [4.69, 9.17) is 4.74 Å². The van der Waals surface area contributed by atoms with Crippen LogP contribution in [0.25, 0.3) is 0 Å². The number of hydrogen-bond donors (Lipinski definition) is 2. The maximum absolute atomic E-state index is 11.9. The average molecular weight is 254 g/mol. The highest BCUT2D eigenvalue weighted by molar-refractivity contribution is 5.72. The molecule has 4 fully saturated rings. The zero-order valence-corrected chi connectivity index (χ0v) is 11.1. The third-order valence-electron chi connectivity index (χ3n) is 4.75. The quantitative estimate of drug-likeness (QED) is 0.731. The molecule has 0 aromatic heterocycles. The van der Waals surface area contributed by atoms with E-state index in [1.54, 1.807) is 0 Å². The Labute approximate surface area is 107 Å². The van der Waals surface area contributed by atoms with Gasteiger partial charge in [0.05, 0.1) is 17.1 Å². The van der Waals surface area contributed by atoms with Gasteiger partial charge in [0, 0.05) is 19.3 Å². The molecule has 2 unspecified atom stereocenters. The summed E-state index contributed by atoms with van der Waals surface area (Å²) in [7, 11) is 0. The fourth-order valence-electron chi connectivity index (χ4n) is 4.69. The summed E-state index contributed by atoms with van der Waals surface area (Å²) < 4.78 is 5.68. The van der Waals surface area contributed by atoms with Gasteiger partial charge in [0.2, 0.25) is 0 Å². The van der Waals surface area contributed by atoms with Crippen LogP contribution in [0.5, 0.6) is 0 Å². The predicted octanol–water partition coefficient (Wildman–Crippen LogP) is 1.38. The van der Waals surface area contributed by atoms with Gasteiger partial charge in [-0.05, 0) is 25.2 Å². The minimum atomic E-state index is -0.828. The second-order valence-corrected chi connectivity index (χ2v) is 7.22. The lowest BCUT2D eigenvalue weighted by Gasteiger charge is -2.62. The molecule has 0 amide bonds. The molecule has 2 atom stereocenters. The summed E-state index contributed by atoms with van der Waals surface area (Å²) in [6.07, 6.45) is 3.73. The van der Waals surface area contributed by atoms with E-state index in [0.29, 0.717) is 19.3 Å². The molecule has 0 aromatic carbocycles. The molecule has 4 nitrogen and oxygen atoms in total. The van der Waals surface area contributed by atoms with Gasteiger partial charge in [0.15, 0.2) is 0 Å². The topological polar surface area (TPSA) is 66.8 Å². The molecule has 0 aromatic rings. The fraction of sp³-hybridized carbons (Fsp3) is 0.929. The maximum atomic E-state index is 11.9. The smallest absolute Gasteiger partial charge is 0.308 e. The Hall–Kier alpha value is -0.610. The molecule has 102 valence electrons. The van der Waals surface area contributed by atoms with Gasteiger partial charge in [0.25, 0.3) is 0 Å². The molecule has 4 aliphatic carbocycles. The summed E-state index contributed by atoms with van der Waals surface area (Å²) in [6.45, 7) is 3.62. The lowest BCUT2D eigenvalue weighted by Crippen LogP contribution is -2.67. The van der Waals surface area contributed by atoms with Crippen LogP contribution in [0.1, 0.15) is 52.4 Å². The maximum Gasteiger partial charge on any atom is 0.308 e. The molecule has 2 N–H and O–H groups in total. The Morgan fingerprint density at radius 2 is 1.67 bits per heavy atom. The van der Waals surface area contributed by atoms with Crippen molar-refractivity contribution in [3.63, 3.8) is 0 Å². The van der Waals surface area contributed by atoms with Gasteiger partial charge in [-0.1, -0.05) is 13.8 Å². The lowest BCUT2D eigenvalue weighted by molar-refractivity contribution is -0.262. The second kappa shape index (κ2) is 3.48. The van der Waals surface area contributed by atoms with Crippen LogP contribution in [0.4, 0.5) is 0 Å². The molecule has 0 spiro atoms. The first-order chi connectivity index (χ1) is 8.23. The monoisotopic (exact) mass is 254 g/mol. The van der Waals surface area contributed by atoms with Crippen LogP contribution in [0.15, 0.2) is 0 Å². The second-order valence-electron chi connectivity index (χ2n) is 7.22. The van der Waals surface area contributed by atoms with Crippen molar-refractivity contribution in [2.45, 2.75) is 69.2 Å². The molecule has 4 aliphatic rings. The van der Waals surface area contributed by atoms with Gasteiger partial charge in [-0.3, -0.25) is 4.79 Å². The van der Waals surface area contributed by atoms with Gasteiger partial charge < -0.3 is 14.9 Å². The number of carbonyl (C=O) groups is 1. The van der Waals surface area contributed by atoms with Crippen LogP contribution >= 0.6 is 0 Å². The summed E-state index contributed by atoms with van der Waals surface area (Å²) in [6, 6.07) is 0. The Morgan fingerprint density at radius 1 is 1.11 bits per heavy atom. The van der Waals surface area contributed by atoms with Crippen LogP contribution in [0.2, 0.25) is 0 Å². The molecule has 0 saturated heterocycles. The Bertz CT molecular complexity index is 371. The Kier molecular flexibility index (Phi) is 2.40. The van der Waals surface area contributed by atoms with Crippen molar-refractivity contribution in [1.29, 1.82) is 0 Å². The average Bonchev–Trinajstić information content (AvgIpc) is 2.09. The molecule has 0 heterocycles. The Balaban J connectivity index is 1.87. The van der Waals surface area contributed by atoms with Crippen molar-refractivity contribution >= 4 is 5.97 Å². The largest absolute Gasteiger partial charge is 0.459 e. The van der Waals surface area contributed by atoms with Gasteiger partial charge in [-0.2, -0.15) is 0 Å². The van der Waals surface area contributed by atoms with Crippen molar-refractivity contribution in [2.75, 3.05) is 0 Å². The number of hydrogen-bond acceptors (Lipinski definition) is 4. The number of ether oxygens (including phenoxy) is 1. The van der Waals surface area contributed by atoms with E-state index in [2.05, 4.69) is 0 Å². The van der Waals surface area contributed by atoms with E-state index in [9.17, 15) is 15.0 Å². The zero-order chi connectivity index (χ0) is 13.2. The molecule has 18 heavy (non-hydrogen) atoms. The van der Waals surface area contributed by atoms with Gasteiger partial charge in [0.1, 0.15) is 5.60 Å². The van der Waals surface area contributed by atoms with E-state index >= 15 is 0 Å². The third kappa shape index (κ3) is 1.86. The molecule has 4 saturated carbocycles. The first-order valence-corrected chi connectivity index (χ1v) is 6.91. The van der Waals surface area contributed by atoms with Crippen molar-refractivity contribution in [3.05, 3.63) is 0 Å². The first-order valence-electron chi connectivity index (χ1n) is 6.91. The van der Waals surface area contributed by atoms with Crippen LogP contribution < -0.4 is 0 Å². The predicted molar refractivity (Wildman–Crippen MR) is 64.8 cm³/mol. The van der Waals surface area contributed by atoms with Crippen LogP contribution in [0, 0.1) is 11.8 Å². The van der Waals surface area contributed by atoms with E-state index in [1.807, 2.05) is 13.8 Å². The number of rotatable bonds is 2. The zero-order valence-electron chi connectivity index (χ0n) is 11.1. The van der Waals surface area contributed by atoms with E-state index in [0.717, 1.165) is 19.3 Å². The number of aliphatic hydroxyl groups is 2. The minimum Gasteiger partial charge on any atom is -0.459 e. The van der Waals surface area contributed by atoms with Gasteiger partial charge in [-0.25, -0.2) is 0 Å². The fourth-order valence-corrected chi connectivity index (χ4v) is 4.69. The number of carbonyl (C=O) groups excluding carboxylic acids is 1. The normalized spacial score (nSPS) is 49.7. The highest BCUT2D eigenvalue weighted by Gasteiger charge is 2.64. The highest BCUT2D eigenvalue weighted by Crippen LogP contribution is 2.60. The molecule has 4 rings (SSSR count). The summed E-state index contributed by atoms with van der Waals surface area (Å²) in [4.78, 5) is 11.9. The van der Waals surface area contributed by atoms with Gasteiger partial charge >= 0.3 is 5.97 Å². The first kappa shape index (κ1) is 12.4. The van der Waals surface area contributed by atoms with Gasteiger partial charge in [-0.15, -0.1) is 0 Å². The van der Waals surface area contributed by atoms with E-state index < -0.39 is 16.8 Å². The van der Waals surface area contributed by atoms with Crippen LogP contribution in [-0.4, -0.2) is 33.0 Å². The van der Waals surface area contributed by atoms with Crippen molar-refractivity contribution < 1.29 is 19.7 Å². The van der Waals surface area contributed by atoms with E-state index in [-0.39, 0.29) is 17.8 Å². The molecular formula is C14H22O4. The molecule has 4 heteroatoms. The summed E-state index contributed by atoms with van der Waals surface area (Å²) in [5.74, 6) is -0.0948.